The topological polar surface area (TPSA) is 150 Å². The van der Waals surface area contributed by atoms with Gasteiger partial charge in [0.25, 0.3) is 0 Å². The third-order valence-electron chi connectivity index (χ3n) is 3.41. The van der Waals surface area contributed by atoms with Crippen LogP contribution in [-0.2, 0) is 20.8 Å². The van der Waals surface area contributed by atoms with Gasteiger partial charge in [0.15, 0.2) is 0 Å². The van der Waals surface area contributed by atoms with E-state index in [1.165, 1.54) is 19.4 Å². The Kier molecular flexibility index (Phi) is 7.37. The number of amides is 2. The Hall–Kier alpha value is -2.42. The Bertz CT molecular complexity index is 558. The van der Waals surface area contributed by atoms with Crippen molar-refractivity contribution in [3.05, 3.63) is 18.2 Å². The third kappa shape index (κ3) is 6.37. The van der Waals surface area contributed by atoms with Gasteiger partial charge >= 0.3 is 5.97 Å². The van der Waals surface area contributed by atoms with Crippen molar-refractivity contribution in [2.75, 3.05) is 0 Å². The molecule has 1 aromatic heterocycles. The summed E-state index contributed by atoms with van der Waals surface area (Å²) in [5.74, 6) is -1.95. The van der Waals surface area contributed by atoms with E-state index in [1.54, 1.807) is 0 Å². The van der Waals surface area contributed by atoms with Crippen molar-refractivity contribution in [2.45, 2.75) is 51.7 Å². The van der Waals surface area contributed by atoms with E-state index < -0.39 is 35.9 Å². The maximum absolute atomic E-state index is 12.1. The van der Waals surface area contributed by atoms with Crippen LogP contribution >= 0.6 is 0 Å². The summed E-state index contributed by atoms with van der Waals surface area (Å²) in [7, 11) is 0. The van der Waals surface area contributed by atoms with Crippen LogP contribution in [-0.4, -0.2) is 51.0 Å². The molecular formula is C15H25N5O4. The summed E-state index contributed by atoms with van der Waals surface area (Å²) < 4.78 is 0. The summed E-state index contributed by atoms with van der Waals surface area (Å²) in [6.45, 7) is 5.36. The molecule has 9 nitrogen and oxygen atoms in total. The van der Waals surface area contributed by atoms with Gasteiger partial charge in [-0.25, -0.2) is 9.78 Å². The van der Waals surface area contributed by atoms with Crippen LogP contribution in [0.15, 0.2) is 12.5 Å². The molecule has 1 heterocycles. The van der Waals surface area contributed by atoms with Crippen molar-refractivity contribution in [3.8, 4) is 0 Å². The first-order chi connectivity index (χ1) is 11.2. The van der Waals surface area contributed by atoms with Gasteiger partial charge in [-0.05, 0) is 19.3 Å². The Labute approximate surface area is 140 Å². The van der Waals surface area contributed by atoms with E-state index in [0.29, 0.717) is 12.1 Å². The van der Waals surface area contributed by atoms with Crippen molar-refractivity contribution >= 4 is 17.8 Å². The summed E-state index contributed by atoms with van der Waals surface area (Å²) in [5, 5.41) is 14.1. The molecule has 0 aliphatic rings. The highest BCUT2D eigenvalue weighted by atomic mass is 16.4. The van der Waals surface area contributed by atoms with Crippen LogP contribution in [0.2, 0.25) is 0 Å². The lowest BCUT2D eigenvalue weighted by Gasteiger charge is -2.20. The number of nitrogens with two attached hydrogens (primary N) is 1. The Morgan fingerprint density at radius 3 is 2.42 bits per heavy atom. The number of carboxylic acid groups (broad SMARTS) is 1. The van der Waals surface area contributed by atoms with Gasteiger partial charge in [0, 0.05) is 18.3 Å². The lowest BCUT2D eigenvalue weighted by Crippen LogP contribution is -2.53. The zero-order valence-electron chi connectivity index (χ0n) is 14.1. The van der Waals surface area contributed by atoms with Crippen molar-refractivity contribution in [1.82, 2.24) is 20.6 Å². The number of carboxylic acids is 1. The minimum atomic E-state index is -1.17. The van der Waals surface area contributed by atoms with Crippen LogP contribution in [0, 0.1) is 5.92 Å². The minimum Gasteiger partial charge on any atom is -0.480 e. The third-order valence-corrected chi connectivity index (χ3v) is 3.41. The van der Waals surface area contributed by atoms with Crippen LogP contribution in [0.5, 0.6) is 0 Å². The molecule has 2 amide bonds. The van der Waals surface area contributed by atoms with Gasteiger partial charge in [-0.1, -0.05) is 13.8 Å². The molecule has 6 N–H and O–H groups in total. The molecule has 0 bridgehead atoms. The zero-order chi connectivity index (χ0) is 18.3. The second kappa shape index (κ2) is 9.02. The molecule has 3 atom stereocenters. The van der Waals surface area contributed by atoms with Crippen molar-refractivity contribution in [1.29, 1.82) is 0 Å². The highest BCUT2D eigenvalue weighted by molar-refractivity contribution is 5.91. The molecule has 0 unspecified atom stereocenters. The molecule has 0 spiro atoms. The van der Waals surface area contributed by atoms with Crippen LogP contribution in [0.4, 0.5) is 0 Å². The number of aromatic amines is 1. The van der Waals surface area contributed by atoms with E-state index in [1.807, 2.05) is 13.8 Å². The molecule has 134 valence electrons. The van der Waals surface area contributed by atoms with E-state index in [0.717, 1.165) is 0 Å². The Morgan fingerprint density at radius 1 is 1.25 bits per heavy atom. The van der Waals surface area contributed by atoms with Gasteiger partial charge in [0.1, 0.15) is 12.1 Å². The van der Waals surface area contributed by atoms with E-state index in [-0.39, 0.29) is 12.3 Å². The van der Waals surface area contributed by atoms with E-state index in [4.69, 9.17) is 5.73 Å². The summed E-state index contributed by atoms with van der Waals surface area (Å²) >= 11 is 0. The number of rotatable bonds is 9. The number of carbonyl (C=O) groups excluding carboxylic acids is 2. The summed E-state index contributed by atoms with van der Waals surface area (Å²) in [4.78, 5) is 41.9. The number of imidazole rings is 1. The number of hydrogen-bond acceptors (Lipinski definition) is 5. The van der Waals surface area contributed by atoms with Crippen LogP contribution in [0.1, 0.15) is 32.9 Å². The number of nitrogens with zero attached hydrogens (tertiary/aromatic N) is 1. The fraction of sp³-hybridized carbons (Fsp3) is 0.600. The van der Waals surface area contributed by atoms with E-state index in [9.17, 15) is 19.5 Å². The summed E-state index contributed by atoms with van der Waals surface area (Å²) in [5.41, 5.74) is 6.34. The molecule has 1 aromatic rings. The van der Waals surface area contributed by atoms with Gasteiger partial charge in [0.2, 0.25) is 11.8 Å². The normalized spacial score (nSPS) is 14.7. The monoisotopic (exact) mass is 339 g/mol. The lowest BCUT2D eigenvalue weighted by atomic mass is 10.0. The maximum Gasteiger partial charge on any atom is 0.326 e. The molecular weight excluding hydrogens is 314 g/mol. The van der Waals surface area contributed by atoms with Gasteiger partial charge in [-0.15, -0.1) is 0 Å². The zero-order valence-corrected chi connectivity index (χ0v) is 14.1. The maximum atomic E-state index is 12.1. The van der Waals surface area contributed by atoms with Crippen LogP contribution in [0.25, 0.3) is 0 Å². The van der Waals surface area contributed by atoms with Crippen molar-refractivity contribution < 1.29 is 19.5 Å². The smallest absolute Gasteiger partial charge is 0.326 e. The second-order valence-electron chi connectivity index (χ2n) is 6.15. The molecule has 0 radical (unpaired) electrons. The first kappa shape index (κ1) is 19.6. The number of carbonyl (C=O) groups is 3. The molecule has 0 fully saturated rings. The highest BCUT2D eigenvalue weighted by Crippen LogP contribution is 2.03. The fourth-order valence-corrected chi connectivity index (χ4v) is 2.11. The summed E-state index contributed by atoms with van der Waals surface area (Å²) in [6, 6.07) is -2.72. The van der Waals surface area contributed by atoms with Crippen LogP contribution in [0.3, 0.4) is 0 Å². The average Bonchev–Trinajstić information content (AvgIpc) is 2.98. The SMILES string of the molecule is CC(C)C[C@H](N)C(=O)N[C@@H](C)C(=O)N[C@@H](Cc1cnc[nH]1)C(=O)O. The quantitative estimate of drug-likeness (QED) is 0.405. The number of aliphatic carboxylic acids is 1. The van der Waals surface area contributed by atoms with Crippen LogP contribution < -0.4 is 16.4 Å². The van der Waals surface area contributed by atoms with E-state index >= 15 is 0 Å². The number of nitrogens with one attached hydrogen (secondary N) is 3. The molecule has 9 heteroatoms. The number of H-pyrrole nitrogens is 1. The van der Waals surface area contributed by atoms with E-state index in [2.05, 4.69) is 20.6 Å². The summed E-state index contributed by atoms with van der Waals surface area (Å²) in [6.07, 6.45) is 3.47. The predicted octanol–water partition coefficient (Wildman–Crippen LogP) is -0.600. The first-order valence-corrected chi connectivity index (χ1v) is 7.77. The molecule has 1 rings (SSSR count). The molecule has 0 aliphatic heterocycles. The molecule has 0 saturated heterocycles. The minimum absolute atomic E-state index is 0.0641. The number of aromatic nitrogens is 2. The molecule has 0 aromatic carbocycles. The largest absolute Gasteiger partial charge is 0.480 e. The predicted molar refractivity (Wildman–Crippen MR) is 86.9 cm³/mol. The average molecular weight is 339 g/mol. The second-order valence-corrected chi connectivity index (χ2v) is 6.15. The Morgan fingerprint density at radius 2 is 1.92 bits per heavy atom. The Balaban J connectivity index is 2.57. The molecule has 0 saturated carbocycles. The van der Waals surface area contributed by atoms with Crippen molar-refractivity contribution in [3.63, 3.8) is 0 Å². The standard InChI is InChI=1S/C15H25N5O4/c1-8(2)4-11(16)14(22)19-9(3)13(21)20-12(15(23)24)5-10-6-17-7-18-10/h6-9,11-12H,4-5,16H2,1-3H3,(H,17,18)(H,19,22)(H,20,21)(H,23,24)/t9-,11-,12-/m0/s1. The number of hydrogen-bond donors (Lipinski definition) is 5. The molecule has 24 heavy (non-hydrogen) atoms. The van der Waals surface area contributed by atoms with Gasteiger partial charge in [-0.3, -0.25) is 9.59 Å². The van der Waals surface area contributed by atoms with Gasteiger partial charge in [0.05, 0.1) is 12.4 Å². The lowest BCUT2D eigenvalue weighted by molar-refractivity contribution is -0.142. The first-order valence-electron chi connectivity index (χ1n) is 7.77. The highest BCUT2D eigenvalue weighted by Gasteiger charge is 2.26. The van der Waals surface area contributed by atoms with Crippen molar-refractivity contribution in [2.24, 2.45) is 11.7 Å². The fourth-order valence-electron chi connectivity index (χ4n) is 2.11. The molecule has 0 aliphatic carbocycles. The van der Waals surface area contributed by atoms with Gasteiger partial charge in [-0.2, -0.15) is 0 Å². The van der Waals surface area contributed by atoms with Gasteiger partial charge < -0.3 is 26.5 Å².